The number of nitrogens with zero attached hydrogens (tertiary/aromatic N) is 4. The van der Waals surface area contributed by atoms with Crippen LogP contribution in [-0.2, 0) is 6.18 Å². The fourth-order valence-electron chi connectivity index (χ4n) is 2.64. The zero-order chi connectivity index (χ0) is 19.0. The molecule has 1 amide bonds. The summed E-state index contributed by atoms with van der Waals surface area (Å²) in [6.45, 7) is 0. The van der Waals surface area contributed by atoms with E-state index in [4.69, 9.17) is 0 Å². The Hall–Kier alpha value is -3.69. The van der Waals surface area contributed by atoms with Crippen molar-refractivity contribution in [1.82, 2.24) is 24.8 Å². The predicted molar refractivity (Wildman–Crippen MR) is 90.8 cm³/mol. The molecule has 0 saturated carbocycles. The Labute approximate surface area is 149 Å². The zero-order valence-corrected chi connectivity index (χ0v) is 13.5. The highest BCUT2D eigenvalue weighted by molar-refractivity contribution is 5.93. The Kier molecular flexibility index (Phi) is 3.87. The van der Waals surface area contributed by atoms with Crippen LogP contribution in [0.1, 0.15) is 16.1 Å². The van der Waals surface area contributed by atoms with E-state index >= 15 is 0 Å². The quantitative estimate of drug-likeness (QED) is 0.540. The average molecular weight is 372 g/mol. The number of halogens is 3. The van der Waals surface area contributed by atoms with Gasteiger partial charge in [0.2, 0.25) is 0 Å². The molecule has 0 unspecified atom stereocenters. The lowest BCUT2D eigenvalue weighted by molar-refractivity contribution is -0.137. The lowest BCUT2D eigenvalue weighted by Crippen LogP contribution is -2.30. The van der Waals surface area contributed by atoms with Crippen molar-refractivity contribution in [3.8, 4) is 0 Å². The van der Waals surface area contributed by atoms with Crippen LogP contribution in [0.2, 0.25) is 0 Å². The van der Waals surface area contributed by atoms with Gasteiger partial charge in [-0.15, -0.1) is 0 Å². The number of carbonyl (C=O) groups excluding carboxylic acids is 1. The molecule has 0 aliphatic carbocycles. The van der Waals surface area contributed by atoms with E-state index in [1.807, 2.05) is 0 Å². The molecule has 0 aliphatic heterocycles. The van der Waals surface area contributed by atoms with Crippen LogP contribution in [0.4, 0.5) is 19.0 Å². The number of rotatable bonds is 3. The van der Waals surface area contributed by atoms with Crippen molar-refractivity contribution >= 4 is 28.3 Å². The van der Waals surface area contributed by atoms with Crippen LogP contribution in [0.3, 0.4) is 0 Å². The van der Waals surface area contributed by atoms with Crippen LogP contribution >= 0.6 is 0 Å². The smallest absolute Gasteiger partial charge is 0.312 e. The van der Waals surface area contributed by atoms with Crippen LogP contribution in [0.25, 0.3) is 16.6 Å². The molecule has 3 aromatic heterocycles. The Bertz CT molecular complexity index is 1140. The second-order valence-corrected chi connectivity index (χ2v) is 5.59. The molecule has 0 aliphatic rings. The van der Waals surface area contributed by atoms with Gasteiger partial charge < -0.3 is 4.40 Å². The molecule has 4 aromatic rings. The molecule has 2 N–H and O–H groups in total. The first kappa shape index (κ1) is 16.8. The molecule has 0 radical (unpaired) electrons. The van der Waals surface area contributed by atoms with Crippen LogP contribution in [-0.4, -0.2) is 25.3 Å². The molecule has 4 rings (SSSR count). The van der Waals surface area contributed by atoms with Gasteiger partial charge in [-0.05, 0) is 30.3 Å². The summed E-state index contributed by atoms with van der Waals surface area (Å²) in [5, 5.41) is 0. The van der Waals surface area contributed by atoms with Gasteiger partial charge in [0.1, 0.15) is 5.69 Å². The fraction of sp³-hybridized carbons (Fsp3) is 0.0588. The van der Waals surface area contributed by atoms with Gasteiger partial charge in [0.15, 0.2) is 5.82 Å². The summed E-state index contributed by atoms with van der Waals surface area (Å²) in [6, 6.07) is 6.78. The summed E-state index contributed by atoms with van der Waals surface area (Å²) in [6.07, 6.45) is 1.30. The van der Waals surface area contributed by atoms with Crippen molar-refractivity contribution in [3.63, 3.8) is 0 Å². The SMILES string of the molecule is O=C(NNc1nc2cc(C(F)(F)F)ccc2n2cccc12)c1cnccn1. The largest absolute Gasteiger partial charge is 0.416 e. The van der Waals surface area contributed by atoms with Gasteiger partial charge in [-0.2, -0.15) is 13.2 Å². The molecule has 0 saturated heterocycles. The summed E-state index contributed by atoms with van der Waals surface area (Å²) < 4.78 is 40.7. The van der Waals surface area contributed by atoms with Crippen LogP contribution in [0.5, 0.6) is 0 Å². The van der Waals surface area contributed by atoms with E-state index in [0.717, 1.165) is 12.1 Å². The van der Waals surface area contributed by atoms with Crippen LogP contribution in [0.15, 0.2) is 55.1 Å². The van der Waals surface area contributed by atoms with E-state index in [0.29, 0.717) is 11.0 Å². The number of hydrazine groups is 1. The lowest BCUT2D eigenvalue weighted by atomic mass is 10.2. The number of nitrogens with one attached hydrogen (secondary N) is 2. The number of carbonyl (C=O) groups is 1. The molecular weight excluding hydrogens is 361 g/mol. The van der Waals surface area contributed by atoms with Gasteiger partial charge in [-0.25, -0.2) is 9.97 Å². The summed E-state index contributed by atoms with van der Waals surface area (Å²) in [5.74, 6) is -0.359. The van der Waals surface area contributed by atoms with E-state index in [2.05, 4.69) is 25.8 Å². The van der Waals surface area contributed by atoms with E-state index in [9.17, 15) is 18.0 Å². The summed E-state index contributed by atoms with van der Waals surface area (Å²) in [4.78, 5) is 24.0. The average Bonchev–Trinajstić information content (AvgIpc) is 3.15. The van der Waals surface area contributed by atoms with Gasteiger partial charge in [0.25, 0.3) is 5.91 Å². The van der Waals surface area contributed by atoms with E-state index < -0.39 is 17.6 Å². The van der Waals surface area contributed by atoms with Gasteiger partial charge in [-0.3, -0.25) is 20.6 Å². The number of hydrogen-bond acceptors (Lipinski definition) is 5. The Morgan fingerprint density at radius 2 is 1.96 bits per heavy atom. The Morgan fingerprint density at radius 1 is 1.11 bits per heavy atom. The van der Waals surface area contributed by atoms with Crippen LogP contribution < -0.4 is 10.9 Å². The lowest BCUT2D eigenvalue weighted by Gasteiger charge is -2.13. The maximum Gasteiger partial charge on any atom is 0.416 e. The number of aromatic nitrogens is 4. The highest BCUT2D eigenvalue weighted by atomic mass is 19.4. The van der Waals surface area contributed by atoms with E-state index in [1.165, 1.54) is 24.7 Å². The summed E-state index contributed by atoms with van der Waals surface area (Å²) >= 11 is 0. The van der Waals surface area contributed by atoms with Crippen molar-refractivity contribution in [2.24, 2.45) is 0 Å². The second kappa shape index (κ2) is 6.24. The summed E-state index contributed by atoms with van der Waals surface area (Å²) in [7, 11) is 0. The number of amides is 1. The number of benzene rings is 1. The first-order valence-electron chi connectivity index (χ1n) is 7.74. The Morgan fingerprint density at radius 3 is 2.70 bits per heavy atom. The van der Waals surface area contributed by atoms with Gasteiger partial charge in [-0.1, -0.05) is 0 Å². The van der Waals surface area contributed by atoms with Crippen molar-refractivity contribution in [1.29, 1.82) is 0 Å². The minimum atomic E-state index is -4.48. The molecule has 7 nitrogen and oxygen atoms in total. The molecule has 3 heterocycles. The summed E-state index contributed by atoms with van der Waals surface area (Å²) in [5.41, 5.74) is 5.56. The molecule has 136 valence electrons. The number of anilines is 1. The normalized spacial score (nSPS) is 11.7. The fourth-order valence-corrected chi connectivity index (χ4v) is 2.64. The minimum Gasteiger partial charge on any atom is -0.312 e. The molecule has 10 heteroatoms. The maximum atomic E-state index is 13.0. The number of hydrogen-bond donors (Lipinski definition) is 2. The number of fused-ring (bicyclic) bond motifs is 3. The predicted octanol–water partition coefficient (Wildman–Crippen LogP) is 3.05. The second-order valence-electron chi connectivity index (χ2n) is 5.59. The van der Waals surface area contributed by atoms with Crippen molar-refractivity contribution < 1.29 is 18.0 Å². The standard InChI is InChI=1S/C17H11F3N6O/c18-17(19,20)10-3-4-13-11(8-10)23-15(14-2-1-7-26(13)14)24-25-16(27)12-9-21-5-6-22-12/h1-9H,(H,23,24)(H,25,27). The Balaban J connectivity index is 1.72. The third-order valence-corrected chi connectivity index (χ3v) is 3.88. The van der Waals surface area contributed by atoms with Crippen molar-refractivity contribution in [3.05, 3.63) is 66.4 Å². The first-order chi connectivity index (χ1) is 12.9. The van der Waals surface area contributed by atoms with Gasteiger partial charge >= 0.3 is 6.18 Å². The third kappa shape index (κ3) is 3.12. The van der Waals surface area contributed by atoms with E-state index in [1.54, 1.807) is 22.7 Å². The zero-order valence-electron chi connectivity index (χ0n) is 13.5. The molecule has 0 bridgehead atoms. The molecule has 0 spiro atoms. The molecule has 27 heavy (non-hydrogen) atoms. The molecular formula is C17H11F3N6O. The molecule has 0 atom stereocenters. The first-order valence-corrected chi connectivity index (χ1v) is 7.74. The molecule has 0 fully saturated rings. The topological polar surface area (TPSA) is 84.2 Å². The van der Waals surface area contributed by atoms with E-state index in [-0.39, 0.29) is 17.0 Å². The highest BCUT2D eigenvalue weighted by Crippen LogP contribution is 2.32. The maximum absolute atomic E-state index is 13.0. The van der Waals surface area contributed by atoms with Gasteiger partial charge in [0, 0.05) is 18.6 Å². The molecule has 1 aromatic carbocycles. The van der Waals surface area contributed by atoms with Crippen molar-refractivity contribution in [2.45, 2.75) is 6.18 Å². The minimum absolute atomic E-state index is 0.0801. The highest BCUT2D eigenvalue weighted by Gasteiger charge is 2.30. The van der Waals surface area contributed by atoms with Crippen molar-refractivity contribution in [2.75, 3.05) is 5.43 Å². The van der Waals surface area contributed by atoms with Crippen LogP contribution in [0, 0.1) is 0 Å². The van der Waals surface area contributed by atoms with Gasteiger partial charge in [0.05, 0.1) is 28.3 Å². The third-order valence-electron chi connectivity index (χ3n) is 3.88. The number of alkyl halides is 3. The monoisotopic (exact) mass is 372 g/mol.